The summed E-state index contributed by atoms with van der Waals surface area (Å²) in [5.41, 5.74) is -0.617. The maximum Gasteiger partial charge on any atom is 0.309 e. The molecule has 1 N–H and O–H groups in total. The van der Waals surface area contributed by atoms with Crippen molar-refractivity contribution in [1.82, 2.24) is 0 Å². The van der Waals surface area contributed by atoms with E-state index in [0.29, 0.717) is 4.90 Å². The van der Waals surface area contributed by atoms with Crippen LogP contribution in [0.15, 0.2) is 23.1 Å². The summed E-state index contributed by atoms with van der Waals surface area (Å²) in [4.78, 5) is 9.64. The van der Waals surface area contributed by atoms with Crippen molar-refractivity contribution in [3.63, 3.8) is 0 Å². The zero-order chi connectivity index (χ0) is 9.14. The fourth-order valence-electron chi connectivity index (χ4n) is 0.703. The second-order valence-electron chi connectivity index (χ2n) is 1.99. The van der Waals surface area contributed by atoms with Gasteiger partial charge >= 0.3 is 5.69 Å². The Bertz CT molecular complexity index is 318. The monoisotopic (exact) mass is 190 g/mol. The predicted octanol–water partition coefficient (Wildman–Crippen LogP) is 1.38. The van der Waals surface area contributed by atoms with Gasteiger partial charge in [-0.25, -0.2) is 0 Å². The van der Waals surface area contributed by atoms with Crippen LogP contribution in [0, 0.1) is 15.9 Å². The average molecular weight is 190 g/mol. The minimum absolute atomic E-state index is 0.109. The number of thiol groups is 1. The first-order valence-corrected chi connectivity index (χ1v) is 3.79. The summed E-state index contributed by atoms with van der Waals surface area (Å²) in [6.45, 7) is 0. The Labute approximate surface area is 71.4 Å². The molecule has 0 heterocycles. The van der Waals surface area contributed by atoms with Gasteiger partial charge in [-0.3, -0.25) is 10.1 Å². The van der Waals surface area contributed by atoms with E-state index in [1.54, 1.807) is 0 Å². The first kappa shape index (κ1) is 8.95. The Morgan fingerprint density at radius 1 is 1.58 bits per heavy atom. The van der Waals surface area contributed by atoms with Gasteiger partial charge in [-0.05, 0) is 12.1 Å². The lowest BCUT2D eigenvalue weighted by Crippen LogP contribution is -1.93. The second kappa shape index (κ2) is 3.51. The van der Waals surface area contributed by atoms with E-state index < -0.39 is 16.4 Å². The third kappa shape index (κ3) is 1.72. The van der Waals surface area contributed by atoms with Crippen molar-refractivity contribution in [3.8, 4) is 0 Å². The molecule has 0 aliphatic rings. The van der Waals surface area contributed by atoms with E-state index in [1.165, 1.54) is 6.07 Å². The molecule has 64 valence electrons. The molecule has 6 heteroatoms. The van der Waals surface area contributed by atoms with Crippen LogP contribution in [-0.2, 0) is 12.0 Å². The Morgan fingerprint density at radius 2 is 2.25 bits per heavy atom. The van der Waals surface area contributed by atoms with Crippen LogP contribution < -0.4 is 0 Å². The molecule has 0 bridgehead atoms. The summed E-state index contributed by atoms with van der Waals surface area (Å²) in [7, 11) is 0. The van der Waals surface area contributed by atoms with Gasteiger partial charge in [0.2, 0.25) is 5.82 Å². The third-order valence-electron chi connectivity index (χ3n) is 1.24. The van der Waals surface area contributed by atoms with Crippen LogP contribution >= 0.6 is 0 Å². The highest BCUT2D eigenvalue weighted by Gasteiger charge is 2.16. The van der Waals surface area contributed by atoms with E-state index in [0.717, 1.165) is 12.1 Å². The first-order valence-electron chi connectivity index (χ1n) is 2.94. The summed E-state index contributed by atoms with van der Waals surface area (Å²) >= 11 is -0.109. The summed E-state index contributed by atoms with van der Waals surface area (Å²) in [5.74, 6) is -0.896. The Balaban J connectivity index is 3.17. The van der Waals surface area contributed by atoms with Gasteiger partial charge in [0.25, 0.3) is 0 Å². The van der Waals surface area contributed by atoms with Crippen molar-refractivity contribution in [2.75, 3.05) is 0 Å². The van der Waals surface area contributed by atoms with Gasteiger partial charge in [0, 0.05) is 0 Å². The maximum atomic E-state index is 12.6. The molecule has 0 amide bonds. The molecule has 0 radical (unpaired) electrons. The lowest BCUT2D eigenvalue weighted by molar-refractivity contribution is -0.387. The smallest absolute Gasteiger partial charge is 0.258 e. The van der Waals surface area contributed by atoms with Gasteiger partial charge in [0.05, 0.1) is 11.0 Å². The number of halogens is 1. The van der Waals surface area contributed by atoms with Gasteiger partial charge in [0.1, 0.15) is 0 Å². The molecule has 4 nitrogen and oxygen atoms in total. The van der Waals surface area contributed by atoms with E-state index >= 15 is 0 Å². The van der Waals surface area contributed by atoms with Crippen LogP contribution in [0.3, 0.4) is 0 Å². The van der Waals surface area contributed by atoms with Crippen molar-refractivity contribution < 1.29 is 13.9 Å². The molecule has 0 saturated heterocycles. The van der Waals surface area contributed by atoms with Crippen LogP contribution in [0.4, 0.5) is 10.1 Å². The van der Waals surface area contributed by atoms with Crippen LogP contribution in [0.1, 0.15) is 0 Å². The Morgan fingerprint density at radius 3 is 2.75 bits per heavy atom. The minimum Gasteiger partial charge on any atom is -0.258 e. The number of nitrogens with zero attached hydrogens (tertiary/aromatic N) is 1. The highest BCUT2D eigenvalue weighted by molar-refractivity contribution is 7.72. The van der Waals surface area contributed by atoms with Crippen LogP contribution in [-0.4, -0.2) is 9.48 Å². The molecule has 1 rings (SSSR count). The third-order valence-corrected chi connectivity index (χ3v) is 1.75. The molecular weight excluding hydrogens is 185 g/mol. The number of nitro groups is 1. The van der Waals surface area contributed by atoms with Gasteiger partial charge in [0.15, 0.2) is 16.9 Å². The number of benzene rings is 1. The topological polar surface area (TPSA) is 63.4 Å². The zero-order valence-corrected chi connectivity index (χ0v) is 6.66. The molecule has 12 heavy (non-hydrogen) atoms. The molecule has 0 saturated carbocycles. The zero-order valence-electron chi connectivity index (χ0n) is 5.77. The van der Waals surface area contributed by atoms with Crippen LogP contribution in [0.2, 0.25) is 0 Å². The lowest BCUT2D eigenvalue weighted by atomic mass is 10.3. The molecule has 0 spiro atoms. The number of rotatable bonds is 2. The second-order valence-corrected chi connectivity index (χ2v) is 2.71. The molecular formula is C6H5FNO3S+. The van der Waals surface area contributed by atoms with Crippen molar-refractivity contribution in [3.05, 3.63) is 34.1 Å². The van der Waals surface area contributed by atoms with Crippen LogP contribution in [0.25, 0.3) is 0 Å². The van der Waals surface area contributed by atoms with Crippen LogP contribution in [0.5, 0.6) is 0 Å². The molecule has 0 aliphatic carbocycles. The maximum absolute atomic E-state index is 12.6. The SMILES string of the molecule is O=[N+]([O-])c1cc([SH+]O)ccc1F. The highest BCUT2D eigenvalue weighted by Crippen LogP contribution is 2.18. The Kier molecular flexibility index (Phi) is 2.61. The highest BCUT2D eigenvalue weighted by atomic mass is 32.2. The molecule has 0 atom stereocenters. The van der Waals surface area contributed by atoms with E-state index in [-0.39, 0.29) is 12.0 Å². The minimum atomic E-state index is -0.896. The molecule has 0 unspecified atom stereocenters. The summed E-state index contributed by atoms with van der Waals surface area (Å²) in [5, 5.41) is 10.2. The van der Waals surface area contributed by atoms with Gasteiger partial charge in [-0.2, -0.15) is 8.94 Å². The molecule has 0 aliphatic heterocycles. The van der Waals surface area contributed by atoms with Crippen molar-refractivity contribution in [2.45, 2.75) is 4.90 Å². The Hall–Kier alpha value is -1.14. The largest absolute Gasteiger partial charge is 0.309 e. The molecule has 0 aromatic heterocycles. The average Bonchev–Trinajstić information content (AvgIpc) is 2.05. The normalized spacial score (nSPS) is 9.83. The van der Waals surface area contributed by atoms with E-state index in [2.05, 4.69) is 0 Å². The first-order chi connectivity index (χ1) is 5.65. The molecule has 1 aromatic carbocycles. The van der Waals surface area contributed by atoms with Gasteiger partial charge < -0.3 is 0 Å². The molecule has 0 fully saturated rings. The lowest BCUT2D eigenvalue weighted by Gasteiger charge is -1.91. The summed E-state index contributed by atoms with van der Waals surface area (Å²) < 4.78 is 21.2. The van der Waals surface area contributed by atoms with E-state index in [1.807, 2.05) is 0 Å². The van der Waals surface area contributed by atoms with Gasteiger partial charge in [-0.15, -0.1) is 0 Å². The summed E-state index contributed by atoms with van der Waals surface area (Å²) in [6.07, 6.45) is 0. The fraction of sp³-hybridized carbons (Fsp3) is 0. The van der Waals surface area contributed by atoms with E-state index in [4.69, 9.17) is 4.55 Å². The van der Waals surface area contributed by atoms with Crippen molar-refractivity contribution in [1.29, 1.82) is 0 Å². The number of nitro benzene ring substituents is 1. The molecule has 1 aromatic rings. The number of hydrogen-bond donors (Lipinski definition) is 1. The number of hydrogen-bond acceptors (Lipinski definition) is 3. The summed E-state index contributed by atoms with van der Waals surface area (Å²) in [6, 6.07) is 3.23. The standard InChI is InChI=1S/C6H4FNO3S/c7-5-2-1-4(12-11)3-6(5)8(9)10/h1-3,11H/p+1. The van der Waals surface area contributed by atoms with E-state index in [9.17, 15) is 14.5 Å². The van der Waals surface area contributed by atoms with Crippen molar-refractivity contribution in [2.24, 2.45) is 0 Å². The van der Waals surface area contributed by atoms with Gasteiger partial charge in [-0.1, -0.05) is 0 Å². The fourth-order valence-corrected chi connectivity index (χ4v) is 1.02. The predicted molar refractivity (Wildman–Crippen MR) is 42.7 cm³/mol. The van der Waals surface area contributed by atoms with Crippen molar-refractivity contribution >= 4 is 17.7 Å². The quantitative estimate of drug-likeness (QED) is 0.331.